The van der Waals surface area contributed by atoms with Gasteiger partial charge in [-0.1, -0.05) is 60.7 Å². The highest BCUT2D eigenvalue weighted by Gasteiger charge is 2.31. The molecule has 2 unspecified atom stereocenters. The Morgan fingerprint density at radius 3 is 1.67 bits per heavy atom. The topological polar surface area (TPSA) is 212 Å². The van der Waals surface area contributed by atoms with E-state index in [1.165, 1.54) is 9.80 Å². The van der Waals surface area contributed by atoms with Gasteiger partial charge < -0.3 is 29.8 Å². The standard InChI is InChI=1S/C30H40N3O12P/c34-16-14-31(15-17-35)12-13-32(20-28(36)37)19-26(33(21-29(38)39)22-30(40)41)23-45-46(42,43)44-18-11-27(24-7-3-1-4-8-24)25-9-5-2-6-10-25/h1-10,16-17,26-27H,11-15,18-23H2,(H,36,37)(H,38,39)(H,40,41)(H,42,43). The summed E-state index contributed by atoms with van der Waals surface area (Å²) in [6.45, 7) is -3.50. The van der Waals surface area contributed by atoms with Gasteiger partial charge in [-0.05, 0) is 17.5 Å². The van der Waals surface area contributed by atoms with Crippen molar-refractivity contribution >= 4 is 38.3 Å². The van der Waals surface area contributed by atoms with E-state index < -0.39 is 58.0 Å². The molecular formula is C30H40N3O12P. The monoisotopic (exact) mass is 665 g/mol. The van der Waals surface area contributed by atoms with Crippen LogP contribution in [0.4, 0.5) is 0 Å². The SMILES string of the molecule is O=CCN(CC=O)CCN(CC(=O)O)CC(COP(=O)(O)OCCC(c1ccccc1)c1ccccc1)N(CC(=O)O)CC(=O)O. The van der Waals surface area contributed by atoms with Crippen LogP contribution in [0.3, 0.4) is 0 Å². The van der Waals surface area contributed by atoms with Crippen molar-refractivity contribution in [3.63, 3.8) is 0 Å². The normalized spacial score (nSPS) is 13.5. The van der Waals surface area contributed by atoms with E-state index in [0.29, 0.717) is 19.0 Å². The molecule has 15 nitrogen and oxygen atoms in total. The van der Waals surface area contributed by atoms with Gasteiger partial charge in [0.05, 0.1) is 45.9 Å². The van der Waals surface area contributed by atoms with E-state index in [1.54, 1.807) is 0 Å². The van der Waals surface area contributed by atoms with Crippen molar-refractivity contribution in [2.75, 3.05) is 65.6 Å². The van der Waals surface area contributed by atoms with Crippen LogP contribution in [0.25, 0.3) is 0 Å². The number of hydrogen-bond donors (Lipinski definition) is 4. The first-order valence-electron chi connectivity index (χ1n) is 14.4. The molecule has 4 N–H and O–H groups in total. The summed E-state index contributed by atoms with van der Waals surface area (Å²) in [4.78, 5) is 70.9. The minimum absolute atomic E-state index is 0.0217. The molecule has 2 aromatic carbocycles. The number of phosphoric acid groups is 1. The quantitative estimate of drug-likeness (QED) is 0.0869. The second-order valence-corrected chi connectivity index (χ2v) is 11.8. The number of hydrogen-bond acceptors (Lipinski definition) is 11. The molecule has 0 saturated carbocycles. The van der Waals surface area contributed by atoms with E-state index in [1.807, 2.05) is 60.7 Å². The van der Waals surface area contributed by atoms with Gasteiger partial charge in [-0.3, -0.25) is 38.1 Å². The van der Waals surface area contributed by atoms with Crippen LogP contribution in [0.15, 0.2) is 60.7 Å². The van der Waals surface area contributed by atoms with Crippen molar-refractivity contribution in [2.24, 2.45) is 0 Å². The zero-order valence-corrected chi connectivity index (χ0v) is 26.1. The number of carbonyl (C=O) groups excluding carboxylic acids is 2. The van der Waals surface area contributed by atoms with E-state index in [0.717, 1.165) is 16.0 Å². The molecule has 0 radical (unpaired) electrons. The predicted molar refractivity (Wildman–Crippen MR) is 164 cm³/mol. The molecule has 252 valence electrons. The van der Waals surface area contributed by atoms with Crippen molar-refractivity contribution in [1.29, 1.82) is 0 Å². The Balaban J connectivity index is 2.19. The second kappa shape index (κ2) is 20.3. The minimum Gasteiger partial charge on any atom is -0.480 e. The minimum atomic E-state index is -4.76. The largest absolute Gasteiger partial charge is 0.480 e. The Morgan fingerprint density at radius 2 is 1.22 bits per heavy atom. The van der Waals surface area contributed by atoms with Gasteiger partial charge in [0.15, 0.2) is 0 Å². The number of rotatable bonds is 25. The summed E-state index contributed by atoms with van der Waals surface area (Å²) in [5, 5.41) is 28.3. The van der Waals surface area contributed by atoms with Gasteiger partial charge in [-0.2, -0.15) is 0 Å². The lowest BCUT2D eigenvalue weighted by atomic mass is 9.89. The Bertz CT molecular complexity index is 1240. The molecule has 2 rings (SSSR count). The fraction of sp³-hybridized carbons (Fsp3) is 0.433. The van der Waals surface area contributed by atoms with Crippen LogP contribution in [0.5, 0.6) is 0 Å². The van der Waals surface area contributed by atoms with Crippen molar-refractivity contribution in [3.05, 3.63) is 71.8 Å². The number of nitrogens with zero attached hydrogens (tertiary/aromatic N) is 3. The van der Waals surface area contributed by atoms with Crippen LogP contribution in [-0.4, -0.2) is 137 Å². The van der Waals surface area contributed by atoms with E-state index in [2.05, 4.69) is 0 Å². The summed E-state index contributed by atoms with van der Waals surface area (Å²) in [5.41, 5.74) is 1.92. The molecule has 0 amide bonds. The highest BCUT2D eigenvalue weighted by Crippen LogP contribution is 2.44. The van der Waals surface area contributed by atoms with E-state index in [-0.39, 0.29) is 45.2 Å². The lowest BCUT2D eigenvalue weighted by molar-refractivity contribution is -0.144. The summed E-state index contributed by atoms with van der Waals surface area (Å²) in [5.74, 6) is -4.21. The zero-order chi connectivity index (χ0) is 34.0. The molecule has 16 heteroatoms. The highest BCUT2D eigenvalue weighted by molar-refractivity contribution is 7.47. The Kier molecular flexibility index (Phi) is 17.0. The molecule has 46 heavy (non-hydrogen) atoms. The van der Waals surface area contributed by atoms with Crippen LogP contribution >= 0.6 is 7.82 Å². The number of phosphoric ester groups is 1. The molecule has 2 aromatic rings. The predicted octanol–water partition coefficient (Wildman–Crippen LogP) is 1.27. The van der Waals surface area contributed by atoms with Gasteiger partial charge in [0, 0.05) is 31.6 Å². The van der Waals surface area contributed by atoms with Crippen LogP contribution in [0.2, 0.25) is 0 Å². The van der Waals surface area contributed by atoms with Crippen LogP contribution in [0, 0.1) is 0 Å². The molecule has 0 aliphatic heterocycles. The number of aliphatic carboxylic acids is 3. The third-order valence-electron chi connectivity index (χ3n) is 6.91. The number of carboxylic acids is 3. The van der Waals surface area contributed by atoms with E-state index >= 15 is 0 Å². The lowest BCUT2D eigenvalue weighted by Gasteiger charge is -2.34. The van der Waals surface area contributed by atoms with Gasteiger partial charge >= 0.3 is 25.7 Å². The maximum Gasteiger partial charge on any atom is 0.472 e. The van der Waals surface area contributed by atoms with Crippen molar-refractivity contribution < 1.29 is 57.8 Å². The lowest BCUT2D eigenvalue weighted by Crippen LogP contribution is -2.52. The molecule has 0 fully saturated rings. The summed E-state index contributed by atoms with van der Waals surface area (Å²) < 4.78 is 23.4. The fourth-order valence-corrected chi connectivity index (χ4v) is 5.58. The number of carbonyl (C=O) groups is 5. The van der Waals surface area contributed by atoms with Gasteiger partial charge in [-0.15, -0.1) is 0 Å². The Morgan fingerprint density at radius 1 is 0.739 bits per heavy atom. The van der Waals surface area contributed by atoms with E-state index in [9.17, 15) is 48.8 Å². The number of benzene rings is 2. The van der Waals surface area contributed by atoms with Crippen molar-refractivity contribution in [1.82, 2.24) is 14.7 Å². The van der Waals surface area contributed by atoms with Gasteiger partial charge in [-0.25, -0.2) is 4.57 Å². The fourth-order valence-electron chi connectivity index (χ4n) is 4.81. The molecule has 0 aliphatic rings. The number of carboxylic acid groups (broad SMARTS) is 3. The van der Waals surface area contributed by atoms with Crippen LogP contribution in [0.1, 0.15) is 23.5 Å². The highest BCUT2D eigenvalue weighted by atomic mass is 31.2. The van der Waals surface area contributed by atoms with Gasteiger partial charge in [0.25, 0.3) is 0 Å². The smallest absolute Gasteiger partial charge is 0.472 e. The summed E-state index contributed by atoms with van der Waals surface area (Å²) in [6, 6.07) is 17.8. The molecule has 0 saturated heterocycles. The maximum absolute atomic E-state index is 12.9. The molecule has 2 atom stereocenters. The van der Waals surface area contributed by atoms with Crippen molar-refractivity contribution in [3.8, 4) is 0 Å². The third kappa shape index (κ3) is 15.0. The van der Waals surface area contributed by atoms with Crippen molar-refractivity contribution in [2.45, 2.75) is 18.4 Å². The average Bonchev–Trinajstić information content (AvgIpc) is 3.00. The Labute approximate surface area is 266 Å². The summed E-state index contributed by atoms with van der Waals surface area (Å²) >= 11 is 0. The Hall–Kier alpha value is -3.82. The zero-order valence-electron chi connectivity index (χ0n) is 25.2. The molecule has 0 aromatic heterocycles. The number of aldehydes is 2. The first-order valence-corrected chi connectivity index (χ1v) is 15.9. The first kappa shape index (κ1) is 38.4. The molecule has 0 aliphatic carbocycles. The first-order chi connectivity index (χ1) is 21.9. The maximum atomic E-state index is 12.9. The van der Waals surface area contributed by atoms with Crippen LogP contribution in [-0.2, 0) is 37.6 Å². The third-order valence-corrected chi connectivity index (χ3v) is 7.90. The second-order valence-electron chi connectivity index (χ2n) is 10.3. The molecular weight excluding hydrogens is 625 g/mol. The summed E-state index contributed by atoms with van der Waals surface area (Å²) in [6.07, 6.45) is 1.45. The summed E-state index contributed by atoms with van der Waals surface area (Å²) in [7, 11) is -4.76. The molecule has 0 heterocycles. The molecule has 0 bridgehead atoms. The van der Waals surface area contributed by atoms with Gasteiger partial charge in [0.1, 0.15) is 12.6 Å². The molecule has 0 spiro atoms. The average molecular weight is 666 g/mol. The van der Waals surface area contributed by atoms with Gasteiger partial charge in [0.2, 0.25) is 0 Å². The van der Waals surface area contributed by atoms with E-state index in [4.69, 9.17) is 9.05 Å². The van der Waals surface area contributed by atoms with Crippen LogP contribution < -0.4 is 0 Å².